The number of likely N-dealkylation sites (N-methyl/N-ethyl adjacent to an activating group) is 2. The lowest BCUT2D eigenvalue weighted by molar-refractivity contribution is 0.328. The second kappa shape index (κ2) is 6.17. The fourth-order valence-corrected chi connectivity index (χ4v) is 2.28. The van der Waals surface area contributed by atoms with Gasteiger partial charge in [0.1, 0.15) is 0 Å². The summed E-state index contributed by atoms with van der Waals surface area (Å²) in [5.74, 6) is 0. The molecule has 0 saturated heterocycles. The van der Waals surface area contributed by atoms with Gasteiger partial charge in [0.05, 0.1) is 17.4 Å². The summed E-state index contributed by atoms with van der Waals surface area (Å²) in [6.45, 7) is 7.39. The molecule has 0 aliphatic carbocycles. The van der Waals surface area contributed by atoms with Crippen molar-refractivity contribution in [1.29, 1.82) is 0 Å². The normalized spacial score (nSPS) is 11.9. The molecule has 0 unspecified atom stereocenters. The van der Waals surface area contributed by atoms with E-state index in [1.165, 1.54) is 11.1 Å². The summed E-state index contributed by atoms with van der Waals surface area (Å²) in [6.07, 6.45) is 1.93. The molecule has 104 valence electrons. The van der Waals surface area contributed by atoms with E-state index in [2.05, 4.69) is 58.9 Å². The first-order chi connectivity index (χ1) is 9.11. The van der Waals surface area contributed by atoms with Crippen LogP contribution in [-0.4, -0.2) is 41.6 Å². The van der Waals surface area contributed by atoms with E-state index < -0.39 is 0 Å². The summed E-state index contributed by atoms with van der Waals surface area (Å²) in [4.78, 5) is 6.82. The fourth-order valence-electron chi connectivity index (χ4n) is 2.28. The first-order valence-electron chi connectivity index (χ1n) is 6.90. The van der Waals surface area contributed by atoms with E-state index in [-0.39, 0.29) is 0 Å². The highest BCUT2D eigenvalue weighted by molar-refractivity contribution is 5.76. The number of imidazole rings is 1. The Labute approximate surface area is 115 Å². The van der Waals surface area contributed by atoms with Crippen LogP contribution in [0.15, 0.2) is 24.5 Å². The van der Waals surface area contributed by atoms with Crippen molar-refractivity contribution in [3.8, 4) is 0 Å². The van der Waals surface area contributed by atoms with Crippen molar-refractivity contribution in [2.45, 2.75) is 26.4 Å². The molecule has 2 aromatic rings. The van der Waals surface area contributed by atoms with Gasteiger partial charge in [0.2, 0.25) is 0 Å². The Morgan fingerprint density at radius 2 is 2.16 bits per heavy atom. The number of nitrogens with one attached hydrogen (secondary N) is 1. The molecule has 0 radical (unpaired) electrons. The number of benzene rings is 1. The zero-order valence-corrected chi connectivity index (χ0v) is 12.3. The van der Waals surface area contributed by atoms with Crippen LogP contribution in [0.3, 0.4) is 0 Å². The van der Waals surface area contributed by atoms with Crippen LogP contribution in [0.25, 0.3) is 11.0 Å². The average Bonchev–Trinajstić information content (AvgIpc) is 2.79. The van der Waals surface area contributed by atoms with E-state index in [9.17, 15) is 0 Å². The molecular formula is C15H24N4. The molecule has 19 heavy (non-hydrogen) atoms. The Morgan fingerprint density at radius 3 is 2.84 bits per heavy atom. The van der Waals surface area contributed by atoms with E-state index in [0.717, 1.165) is 25.2 Å². The van der Waals surface area contributed by atoms with Gasteiger partial charge in [0.15, 0.2) is 0 Å². The van der Waals surface area contributed by atoms with Crippen LogP contribution in [0.1, 0.15) is 25.5 Å². The molecule has 0 saturated carbocycles. The van der Waals surface area contributed by atoms with Crippen molar-refractivity contribution < 1.29 is 0 Å². The van der Waals surface area contributed by atoms with E-state index >= 15 is 0 Å². The Bertz CT molecular complexity index is 530. The van der Waals surface area contributed by atoms with Crippen molar-refractivity contribution in [2.75, 3.05) is 27.2 Å². The molecule has 4 heteroatoms. The largest absolute Gasteiger partial charge is 0.328 e. The maximum absolute atomic E-state index is 4.50. The number of hydrogen-bond donors (Lipinski definition) is 1. The van der Waals surface area contributed by atoms with E-state index in [0.29, 0.717) is 6.04 Å². The molecule has 1 N–H and O–H groups in total. The SMILES string of the molecule is CNCCN(C)Cc1ccc2c(c1)ncn2C(C)C. The van der Waals surface area contributed by atoms with Gasteiger partial charge in [-0.2, -0.15) is 0 Å². The molecule has 0 aliphatic heterocycles. The van der Waals surface area contributed by atoms with E-state index in [4.69, 9.17) is 0 Å². The molecule has 1 heterocycles. The highest BCUT2D eigenvalue weighted by Crippen LogP contribution is 2.19. The molecule has 0 atom stereocenters. The predicted molar refractivity (Wildman–Crippen MR) is 80.4 cm³/mol. The minimum atomic E-state index is 0.453. The standard InChI is InChI=1S/C15H24N4/c1-12(2)19-11-17-14-9-13(5-6-15(14)19)10-18(4)8-7-16-3/h5-6,9,11-12,16H,7-8,10H2,1-4H3. The average molecular weight is 260 g/mol. The van der Waals surface area contributed by atoms with Crippen LogP contribution in [0.5, 0.6) is 0 Å². The van der Waals surface area contributed by atoms with Crippen LogP contribution < -0.4 is 5.32 Å². The number of nitrogens with zero attached hydrogens (tertiary/aromatic N) is 3. The summed E-state index contributed by atoms with van der Waals surface area (Å²) in [7, 11) is 4.13. The first kappa shape index (κ1) is 14.0. The summed E-state index contributed by atoms with van der Waals surface area (Å²) < 4.78 is 2.21. The molecule has 1 aromatic heterocycles. The first-order valence-corrected chi connectivity index (χ1v) is 6.90. The lowest BCUT2D eigenvalue weighted by Crippen LogP contribution is -2.26. The van der Waals surface area contributed by atoms with Gasteiger partial charge in [-0.15, -0.1) is 0 Å². The minimum absolute atomic E-state index is 0.453. The lowest BCUT2D eigenvalue weighted by atomic mass is 10.2. The third-order valence-corrected chi connectivity index (χ3v) is 3.39. The van der Waals surface area contributed by atoms with Gasteiger partial charge in [-0.1, -0.05) is 6.07 Å². The van der Waals surface area contributed by atoms with Crippen LogP contribution in [-0.2, 0) is 6.54 Å². The number of hydrogen-bond acceptors (Lipinski definition) is 3. The number of rotatable bonds is 6. The molecule has 0 bridgehead atoms. The Balaban J connectivity index is 2.14. The summed E-state index contributed by atoms with van der Waals surface area (Å²) in [5, 5.41) is 3.17. The zero-order valence-electron chi connectivity index (χ0n) is 12.3. The van der Waals surface area contributed by atoms with Gasteiger partial charge in [0.25, 0.3) is 0 Å². The topological polar surface area (TPSA) is 33.1 Å². The Morgan fingerprint density at radius 1 is 1.37 bits per heavy atom. The van der Waals surface area contributed by atoms with Gasteiger partial charge in [0, 0.05) is 25.7 Å². The molecule has 4 nitrogen and oxygen atoms in total. The van der Waals surface area contributed by atoms with Gasteiger partial charge in [-0.3, -0.25) is 0 Å². The Hall–Kier alpha value is -1.39. The van der Waals surface area contributed by atoms with Gasteiger partial charge >= 0.3 is 0 Å². The summed E-state index contributed by atoms with van der Waals surface area (Å²) >= 11 is 0. The second-order valence-electron chi connectivity index (χ2n) is 5.41. The third kappa shape index (κ3) is 3.33. The van der Waals surface area contributed by atoms with Crippen molar-refractivity contribution in [1.82, 2.24) is 19.8 Å². The molecule has 0 amide bonds. The molecule has 1 aromatic carbocycles. The molecule has 0 fully saturated rings. The lowest BCUT2D eigenvalue weighted by Gasteiger charge is -2.16. The van der Waals surface area contributed by atoms with E-state index in [1.807, 2.05) is 13.4 Å². The van der Waals surface area contributed by atoms with Crippen molar-refractivity contribution in [3.63, 3.8) is 0 Å². The van der Waals surface area contributed by atoms with Crippen LogP contribution >= 0.6 is 0 Å². The Kier molecular flexibility index (Phi) is 4.56. The minimum Gasteiger partial charge on any atom is -0.328 e. The third-order valence-electron chi connectivity index (χ3n) is 3.39. The number of aromatic nitrogens is 2. The molecule has 2 rings (SSSR count). The molecular weight excluding hydrogens is 236 g/mol. The van der Waals surface area contributed by atoms with Crippen LogP contribution in [0, 0.1) is 0 Å². The number of fused-ring (bicyclic) bond motifs is 1. The van der Waals surface area contributed by atoms with Crippen molar-refractivity contribution in [2.24, 2.45) is 0 Å². The molecule has 0 aliphatic rings. The van der Waals surface area contributed by atoms with Gasteiger partial charge in [-0.25, -0.2) is 4.98 Å². The monoisotopic (exact) mass is 260 g/mol. The zero-order chi connectivity index (χ0) is 13.8. The van der Waals surface area contributed by atoms with Crippen LogP contribution in [0.4, 0.5) is 0 Å². The van der Waals surface area contributed by atoms with Crippen molar-refractivity contribution >= 4 is 11.0 Å². The van der Waals surface area contributed by atoms with Gasteiger partial charge < -0.3 is 14.8 Å². The predicted octanol–water partition coefficient (Wildman–Crippen LogP) is 2.27. The second-order valence-corrected chi connectivity index (χ2v) is 5.41. The molecule has 0 spiro atoms. The van der Waals surface area contributed by atoms with E-state index in [1.54, 1.807) is 0 Å². The highest BCUT2D eigenvalue weighted by Gasteiger charge is 2.07. The summed E-state index contributed by atoms with van der Waals surface area (Å²) in [5.41, 5.74) is 3.63. The van der Waals surface area contributed by atoms with Gasteiger partial charge in [-0.05, 0) is 45.6 Å². The van der Waals surface area contributed by atoms with Crippen LogP contribution in [0.2, 0.25) is 0 Å². The quantitative estimate of drug-likeness (QED) is 0.865. The maximum atomic E-state index is 4.50. The smallest absolute Gasteiger partial charge is 0.0960 e. The van der Waals surface area contributed by atoms with Crippen molar-refractivity contribution in [3.05, 3.63) is 30.1 Å². The maximum Gasteiger partial charge on any atom is 0.0960 e. The highest BCUT2D eigenvalue weighted by atomic mass is 15.1. The fraction of sp³-hybridized carbons (Fsp3) is 0.533. The summed E-state index contributed by atoms with van der Waals surface area (Å²) in [6, 6.07) is 7.04.